The van der Waals surface area contributed by atoms with E-state index in [1.54, 1.807) is 11.3 Å². The first-order chi connectivity index (χ1) is 6.08. The molecule has 0 aliphatic heterocycles. The van der Waals surface area contributed by atoms with Crippen LogP contribution in [-0.4, -0.2) is 16.1 Å². The molecule has 0 saturated heterocycles. The first-order valence-corrected chi connectivity index (χ1v) is 5.08. The summed E-state index contributed by atoms with van der Waals surface area (Å²) in [6.07, 6.45) is 0.979. The highest BCUT2D eigenvalue weighted by molar-refractivity contribution is 7.09. The summed E-state index contributed by atoms with van der Waals surface area (Å²) in [5, 5.41) is 11.6. The Morgan fingerprint density at radius 2 is 2.46 bits per heavy atom. The third kappa shape index (κ3) is 3.55. The lowest BCUT2D eigenvalue weighted by molar-refractivity contribution is -0.137. The monoisotopic (exact) mass is 199 g/mol. The molecule has 0 aliphatic carbocycles. The molecule has 1 heterocycles. The molecule has 0 bridgehead atoms. The first kappa shape index (κ1) is 10.2. The van der Waals surface area contributed by atoms with Crippen molar-refractivity contribution in [3.05, 3.63) is 16.1 Å². The number of carboxylic acid groups (broad SMARTS) is 1. The van der Waals surface area contributed by atoms with E-state index in [0.29, 0.717) is 0 Å². The van der Waals surface area contributed by atoms with Crippen molar-refractivity contribution in [3.63, 3.8) is 0 Å². The van der Waals surface area contributed by atoms with E-state index in [4.69, 9.17) is 5.11 Å². The van der Waals surface area contributed by atoms with Gasteiger partial charge in [0, 0.05) is 11.8 Å². The molecule has 1 aromatic heterocycles. The van der Waals surface area contributed by atoms with Gasteiger partial charge < -0.3 is 5.11 Å². The number of rotatable bonds is 4. The highest BCUT2D eigenvalue weighted by atomic mass is 32.1. The number of aliphatic carboxylic acids is 1. The second-order valence-corrected chi connectivity index (χ2v) is 4.33. The first-order valence-electron chi connectivity index (χ1n) is 4.20. The van der Waals surface area contributed by atoms with Gasteiger partial charge in [-0.25, -0.2) is 4.98 Å². The lowest BCUT2D eigenvalue weighted by Gasteiger charge is -2.04. The van der Waals surface area contributed by atoms with Crippen molar-refractivity contribution >= 4 is 17.3 Å². The zero-order valence-corrected chi connectivity index (χ0v) is 8.60. The molecule has 1 rings (SSSR count). The topological polar surface area (TPSA) is 50.2 Å². The van der Waals surface area contributed by atoms with Gasteiger partial charge in [-0.1, -0.05) is 6.92 Å². The van der Waals surface area contributed by atoms with Gasteiger partial charge in [-0.05, 0) is 19.3 Å². The summed E-state index contributed by atoms with van der Waals surface area (Å²) in [5.74, 6) is -0.571. The van der Waals surface area contributed by atoms with Gasteiger partial charge in [0.1, 0.15) is 0 Å². The average molecular weight is 199 g/mol. The molecule has 3 nitrogen and oxygen atoms in total. The molecular formula is C9H13NO2S. The number of carbonyl (C=O) groups is 1. The van der Waals surface area contributed by atoms with E-state index in [0.717, 1.165) is 17.1 Å². The third-order valence-corrected chi connectivity index (χ3v) is 2.57. The van der Waals surface area contributed by atoms with Crippen molar-refractivity contribution in [3.8, 4) is 0 Å². The number of aryl methyl sites for hydroxylation is 1. The molecule has 4 heteroatoms. The molecule has 0 aromatic carbocycles. The average Bonchev–Trinajstić information content (AvgIpc) is 2.33. The Labute approximate surface area is 81.4 Å². The van der Waals surface area contributed by atoms with Crippen molar-refractivity contribution < 1.29 is 9.90 Å². The molecule has 1 aromatic rings. The van der Waals surface area contributed by atoms with Crippen LogP contribution < -0.4 is 0 Å². The fourth-order valence-corrected chi connectivity index (χ4v) is 1.85. The maximum Gasteiger partial charge on any atom is 0.303 e. The van der Waals surface area contributed by atoms with Crippen LogP contribution in [-0.2, 0) is 11.2 Å². The number of hydrogen-bond donors (Lipinski definition) is 1. The third-order valence-electron chi connectivity index (χ3n) is 1.75. The Morgan fingerprint density at radius 1 is 1.77 bits per heavy atom. The van der Waals surface area contributed by atoms with E-state index in [1.807, 2.05) is 19.2 Å². The number of thiazole rings is 1. The fourth-order valence-electron chi connectivity index (χ4n) is 1.23. The van der Waals surface area contributed by atoms with Gasteiger partial charge in [-0.2, -0.15) is 0 Å². The molecule has 0 aliphatic rings. The minimum atomic E-state index is -0.737. The van der Waals surface area contributed by atoms with Crippen molar-refractivity contribution in [1.29, 1.82) is 0 Å². The number of carboxylic acids is 1. The molecule has 0 saturated carbocycles. The largest absolute Gasteiger partial charge is 0.481 e. The number of aromatic nitrogens is 1. The van der Waals surface area contributed by atoms with Gasteiger partial charge in [-0.15, -0.1) is 11.3 Å². The lowest BCUT2D eigenvalue weighted by Crippen LogP contribution is -2.07. The Bertz CT molecular complexity index is 296. The van der Waals surface area contributed by atoms with Crippen molar-refractivity contribution in [1.82, 2.24) is 4.98 Å². The Morgan fingerprint density at radius 3 is 2.92 bits per heavy atom. The zero-order chi connectivity index (χ0) is 9.84. The zero-order valence-electron chi connectivity index (χ0n) is 7.78. The minimum Gasteiger partial charge on any atom is -0.481 e. The summed E-state index contributed by atoms with van der Waals surface area (Å²) in [6, 6.07) is 0. The Hall–Kier alpha value is -0.900. The highest BCUT2D eigenvalue weighted by Crippen LogP contribution is 2.14. The van der Waals surface area contributed by atoms with Crippen LogP contribution in [0.4, 0.5) is 0 Å². The van der Waals surface area contributed by atoms with Gasteiger partial charge in [0.05, 0.1) is 10.7 Å². The van der Waals surface area contributed by atoms with Crippen LogP contribution in [0, 0.1) is 12.8 Å². The molecular weight excluding hydrogens is 186 g/mol. The Balaban J connectivity index is 2.44. The summed E-state index contributed by atoms with van der Waals surface area (Å²) in [7, 11) is 0. The van der Waals surface area contributed by atoms with E-state index >= 15 is 0 Å². The number of nitrogens with zero attached hydrogens (tertiary/aromatic N) is 1. The van der Waals surface area contributed by atoms with Gasteiger partial charge in [-0.3, -0.25) is 4.79 Å². The van der Waals surface area contributed by atoms with Crippen LogP contribution in [0.3, 0.4) is 0 Å². The number of hydrogen-bond acceptors (Lipinski definition) is 3. The van der Waals surface area contributed by atoms with E-state index < -0.39 is 5.97 Å². The van der Waals surface area contributed by atoms with E-state index in [2.05, 4.69) is 4.98 Å². The summed E-state index contributed by atoms with van der Waals surface area (Å²) in [4.78, 5) is 14.7. The molecule has 0 amide bonds. The SMILES string of the molecule is Cc1nc(CC(C)CC(=O)O)cs1. The van der Waals surface area contributed by atoms with Crippen LogP contribution >= 0.6 is 11.3 Å². The molecule has 0 spiro atoms. The maximum atomic E-state index is 10.4. The molecule has 72 valence electrons. The second kappa shape index (κ2) is 4.37. The fraction of sp³-hybridized carbons (Fsp3) is 0.556. The Kier molecular flexibility index (Phi) is 3.42. The van der Waals surface area contributed by atoms with Gasteiger partial charge in [0.2, 0.25) is 0 Å². The molecule has 1 N–H and O–H groups in total. The van der Waals surface area contributed by atoms with Crippen LogP contribution in [0.1, 0.15) is 24.0 Å². The van der Waals surface area contributed by atoms with Crippen molar-refractivity contribution in [2.45, 2.75) is 26.7 Å². The van der Waals surface area contributed by atoms with E-state index in [1.165, 1.54) is 0 Å². The summed E-state index contributed by atoms with van der Waals surface area (Å²) in [5.41, 5.74) is 1.01. The summed E-state index contributed by atoms with van der Waals surface area (Å²) >= 11 is 1.61. The maximum absolute atomic E-state index is 10.4. The van der Waals surface area contributed by atoms with Crippen molar-refractivity contribution in [2.75, 3.05) is 0 Å². The van der Waals surface area contributed by atoms with Crippen LogP contribution in [0.25, 0.3) is 0 Å². The standard InChI is InChI=1S/C9H13NO2S/c1-6(4-9(11)12)3-8-5-13-7(2)10-8/h5-6H,3-4H2,1-2H3,(H,11,12). The summed E-state index contributed by atoms with van der Waals surface area (Å²) < 4.78 is 0. The second-order valence-electron chi connectivity index (χ2n) is 3.27. The van der Waals surface area contributed by atoms with Gasteiger partial charge in [0.25, 0.3) is 0 Å². The van der Waals surface area contributed by atoms with Crippen LogP contribution in [0.15, 0.2) is 5.38 Å². The minimum absolute atomic E-state index is 0.166. The van der Waals surface area contributed by atoms with Gasteiger partial charge >= 0.3 is 5.97 Å². The van der Waals surface area contributed by atoms with Crippen LogP contribution in [0.2, 0.25) is 0 Å². The smallest absolute Gasteiger partial charge is 0.303 e. The highest BCUT2D eigenvalue weighted by Gasteiger charge is 2.09. The lowest BCUT2D eigenvalue weighted by atomic mass is 10.0. The molecule has 0 radical (unpaired) electrons. The molecule has 1 atom stereocenters. The molecule has 13 heavy (non-hydrogen) atoms. The normalized spacial score (nSPS) is 12.8. The molecule has 1 unspecified atom stereocenters. The molecule has 0 fully saturated rings. The van der Waals surface area contributed by atoms with E-state index in [9.17, 15) is 4.79 Å². The predicted octanol–water partition coefficient (Wildman–Crippen LogP) is 2.10. The summed E-state index contributed by atoms with van der Waals surface area (Å²) in [6.45, 7) is 3.89. The quantitative estimate of drug-likeness (QED) is 0.808. The van der Waals surface area contributed by atoms with E-state index in [-0.39, 0.29) is 12.3 Å². The predicted molar refractivity (Wildman–Crippen MR) is 52.0 cm³/mol. The van der Waals surface area contributed by atoms with Gasteiger partial charge in [0.15, 0.2) is 0 Å². The van der Waals surface area contributed by atoms with Crippen molar-refractivity contribution in [2.24, 2.45) is 5.92 Å². The van der Waals surface area contributed by atoms with Crippen LogP contribution in [0.5, 0.6) is 0 Å².